The van der Waals surface area contributed by atoms with Gasteiger partial charge < -0.3 is 15.0 Å². The Balaban J connectivity index is 1.77. The van der Waals surface area contributed by atoms with Gasteiger partial charge in [-0.1, -0.05) is 0 Å². The number of anilines is 1. The van der Waals surface area contributed by atoms with Crippen molar-refractivity contribution in [3.63, 3.8) is 0 Å². The Kier molecular flexibility index (Phi) is 5.93. The number of ether oxygens (including phenoxy) is 1. The molecule has 172 valence electrons. The van der Waals surface area contributed by atoms with Crippen LogP contribution in [0.1, 0.15) is 10.4 Å². The molecule has 0 aliphatic carbocycles. The Labute approximate surface area is 186 Å². The van der Waals surface area contributed by atoms with Crippen LogP contribution in [0.3, 0.4) is 0 Å². The molecule has 1 aromatic heterocycles. The summed E-state index contributed by atoms with van der Waals surface area (Å²) in [6.45, 7) is 0.849. The summed E-state index contributed by atoms with van der Waals surface area (Å²) in [7, 11) is -3.89. The number of morpholine rings is 1. The molecule has 0 atom stereocenters. The smallest absolute Gasteiger partial charge is 0.271 e. The van der Waals surface area contributed by atoms with Crippen molar-refractivity contribution >= 4 is 38.2 Å². The molecular weight excluding hydrogens is 459 g/mol. The second-order valence-corrected chi connectivity index (χ2v) is 9.08. The van der Waals surface area contributed by atoms with Gasteiger partial charge in [0.1, 0.15) is 5.82 Å². The first-order valence-electron chi connectivity index (χ1n) is 9.67. The first-order chi connectivity index (χ1) is 15.7. The molecule has 4 rings (SSSR count). The van der Waals surface area contributed by atoms with Crippen LogP contribution in [0, 0.1) is 15.9 Å². The average Bonchev–Trinajstić information content (AvgIpc) is 2.80. The highest BCUT2D eigenvalue weighted by molar-refractivity contribution is 7.89. The summed E-state index contributed by atoms with van der Waals surface area (Å²) in [5.41, 5.74) is -1.58. The summed E-state index contributed by atoms with van der Waals surface area (Å²) in [6, 6.07) is 7.47. The molecule has 2 N–H and O–H groups in total. The fourth-order valence-electron chi connectivity index (χ4n) is 3.43. The van der Waals surface area contributed by atoms with Gasteiger partial charge in [-0.05, 0) is 24.3 Å². The number of nitrogens with one attached hydrogen (secondary N) is 2. The second kappa shape index (κ2) is 8.69. The van der Waals surface area contributed by atoms with E-state index in [0.29, 0.717) is 0 Å². The van der Waals surface area contributed by atoms with E-state index in [1.807, 2.05) is 0 Å². The van der Waals surface area contributed by atoms with Gasteiger partial charge in [-0.25, -0.2) is 12.8 Å². The number of nitrogens with zero attached hydrogens (tertiary/aromatic N) is 2. The fraction of sp³-hybridized carbons (Fsp3) is 0.200. The van der Waals surface area contributed by atoms with Crippen LogP contribution in [-0.4, -0.2) is 54.8 Å². The Bertz CT molecular complexity index is 1430. The average molecular weight is 476 g/mol. The van der Waals surface area contributed by atoms with Crippen LogP contribution in [-0.2, 0) is 14.8 Å². The van der Waals surface area contributed by atoms with Crippen LogP contribution in [0.15, 0.2) is 52.2 Å². The molecular formula is C20H17FN4O7S. The Morgan fingerprint density at radius 3 is 2.58 bits per heavy atom. The van der Waals surface area contributed by atoms with Crippen molar-refractivity contribution in [2.24, 2.45) is 0 Å². The van der Waals surface area contributed by atoms with E-state index in [1.165, 1.54) is 22.5 Å². The first-order valence-corrected chi connectivity index (χ1v) is 11.1. The highest BCUT2D eigenvalue weighted by Crippen LogP contribution is 2.26. The van der Waals surface area contributed by atoms with Crippen molar-refractivity contribution < 1.29 is 27.3 Å². The zero-order valence-corrected chi connectivity index (χ0v) is 17.7. The standard InChI is InChI=1S/C20H17FN4O7S/c21-16-3-1-12(25(28)29)9-18(16)23-20(27)15-11-19(26)22-17-4-2-13(10-14(15)17)33(30,31)24-5-7-32-8-6-24/h1-4,9-11H,5-8H2,(H,22,26)(H,23,27). The molecule has 1 aliphatic heterocycles. The number of non-ortho nitro benzene ring substituents is 1. The molecule has 0 saturated carbocycles. The van der Waals surface area contributed by atoms with Crippen molar-refractivity contribution in [1.82, 2.24) is 9.29 Å². The van der Waals surface area contributed by atoms with E-state index in [9.17, 15) is 32.5 Å². The minimum absolute atomic E-state index is 0.0977. The van der Waals surface area contributed by atoms with Gasteiger partial charge in [0.2, 0.25) is 15.6 Å². The number of aromatic nitrogens is 1. The number of pyridine rings is 1. The number of nitro benzene ring substituents is 1. The van der Waals surface area contributed by atoms with Gasteiger partial charge >= 0.3 is 0 Å². The van der Waals surface area contributed by atoms with Gasteiger partial charge in [0.15, 0.2) is 0 Å². The lowest BCUT2D eigenvalue weighted by Gasteiger charge is -2.26. The lowest BCUT2D eigenvalue weighted by Crippen LogP contribution is -2.40. The van der Waals surface area contributed by atoms with Crippen LogP contribution >= 0.6 is 0 Å². The lowest BCUT2D eigenvalue weighted by molar-refractivity contribution is -0.384. The monoisotopic (exact) mass is 476 g/mol. The molecule has 0 unspecified atom stereocenters. The van der Waals surface area contributed by atoms with Gasteiger partial charge in [-0.3, -0.25) is 19.7 Å². The van der Waals surface area contributed by atoms with Gasteiger partial charge in [0.05, 0.1) is 34.3 Å². The number of H-pyrrole nitrogens is 1. The van der Waals surface area contributed by atoms with Gasteiger partial charge in [0, 0.05) is 42.2 Å². The Morgan fingerprint density at radius 1 is 1.15 bits per heavy atom. The number of hydrogen-bond acceptors (Lipinski definition) is 7. The summed E-state index contributed by atoms with van der Waals surface area (Å²) in [6.07, 6.45) is 0. The highest BCUT2D eigenvalue weighted by Gasteiger charge is 2.27. The van der Waals surface area contributed by atoms with E-state index in [4.69, 9.17) is 4.74 Å². The van der Waals surface area contributed by atoms with Crippen LogP contribution < -0.4 is 10.9 Å². The predicted octanol–water partition coefficient (Wildman–Crippen LogP) is 1.85. The summed E-state index contributed by atoms with van der Waals surface area (Å²) < 4.78 is 46.6. The zero-order chi connectivity index (χ0) is 23.8. The third-order valence-corrected chi connectivity index (χ3v) is 6.97. The van der Waals surface area contributed by atoms with Crippen LogP contribution in [0.2, 0.25) is 0 Å². The zero-order valence-electron chi connectivity index (χ0n) is 16.9. The van der Waals surface area contributed by atoms with Gasteiger partial charge in [-0.15, -0.1) is 0 Å². The number of aromatic amines is 1. The van der Waals surface area contributed by atoms with E-state index >= 15 is 0 Å². The maximum absolute atomic E-state index is 14.1. The molecule has 3 aromatic rings. The van der Waals surface area contributed by atoms with Crippen molar-refractivity contribution in [1.29, 1.82) is 0 Å². The molecule has 13 heteroatoms. The molecule has 11 nitrogen and oxygen atoms in total. The van der Waals surface area contributed by atoms with Crippen LogP contribution in [0.4, 0.5) is 15.8 Å². The minimum Gasteiger partial charge on any atom is -0.379 e. The molecule has 0 bridgehead atoms. The first kappa shape index (κ1) is 22.5. The minimum atomic E-state index is -3.89. The van der Waals surface area contributed by atoms with Crippen molar-refractivity contribution in [3.8, 4) is 0 Å². The van der Waals surface area contributed by atoms with E-state index in [2.05, 4.69) is 10.3 Å². The maximum atomic E-state index is 14.1. The van der Waals surface area contributed by atoms with Crippen molar-refractivity contribution in [3.05, 3.63) is 74.3 Å². The van der Waals surface area contributed by atoms with E-state index in [1.54, 1.807) is 0 Å². The number of amides is 1. The van der Waals surface area contributed by atoms with Crippen LogP contribution in [0.25, 0.3) is 10.9 Å². The summed E-state index contributed by atoms with van der Waals surface area (Å²) >= 11 is 0. The van der Waals surface area contributed by atoms with Gasteiger partial charge in [-0.2, -0.15) is 4.31 Å². The number of halogens is 1. The molecule has 1 fully saturated rings. The van der Waals surface area contributed by atoms with Crippen LogP contribution in [0.5, 0.6) is 0 Å². The topological polar surface area (TPSA) is 152 Å². The number of carbonyl (C=O) groups excluding carboxylic acids is 1. The second-order valence-electron chi connectivity index (χ2n) is 7.15. The summed E-state index contributed by atoms with van der Waals surface area (Å²) in [5, 5.41) is 13.3. The molecule has 1 saturated heterocycles. The number of fused-ring (bicyclic) bond motifs is 1. The number of benzene rings is 2. The number of sulfonamides is 1. The van der Waals surface area contributed by atoms with E-state index in [0.717, 1.165) is 24.3 Å². The predicted molar refractivity (Wildman–Crippen MR) is 115 cm³/mol. The SMILES string of the molecule is O=C(Nc1cc([N+](=O)[O-])ccc1F)c1cc(=O)[nH]c2ccc(S(=O)(=O)N3CCOCC3)cc12. The molecule has 1 aliphatic rings. The molecule has 2 heterocycles. The number of carbonyl (C=O) groups is 1. The number of nitro groups is 1. The molecule has 1 amide bonds. The highest BCUT2D eigenvalue weighted by atomic mass is 32.2. The summed E-state index contributed by atoms with van der Waals surface area (Å²) in [5.74, 6) is -1.86. The third kappa shape index (κ3) is 4.46. The molecule has 2 aromatic carbocycles. The fourth-order valence-corrected chi connectivity index (χ4v) is 4.86. The maximum Gasteiger partial charge on any atom is 0.271 e. The molecule has 33 heavy (non-hydrogen) atoms. The quantitative estimate of drug-likeness (QED) is 0.421. The number of hydrogen-bond donors (Lipinski definition) is 2. The Hall–Kier alpha value is -3.68. The Morgan fingerprint density at radius 2 is 1.88 bits per heavy atom. The van der Waals surface area contributed by atoms with Crippen molar-refractivity contribution in [2.45, 2.75) is 4.90 Å². The molecule has 0 radical (unpaired) electrons. The van der Waals surface area contributed by atoms with Gasteiger partial charge in [0.25, 0.3) is 11.6 Å². The van der Waals surface area contributed by atoms with Crippen molar-refractivity contribution in [2.75, 3.05) is 31.6 Å². The summed E-state index contributed by atoms with van der Waals surface area (Å²) in [4.78, 5) is 37.6. The van der Waals surface area contributed by atoms with E-state index in [-0.39, 0.29) is 47.7 Å². The molecule has 0 spiro atoms. The number of rotatable bonds is 5. The lowest BCUT2D eigenvalue weighted by atomic mass is 10.1. The normalized spacial score (nSPS) is 14.8. The van der Waals surface area contributed by atoms with E-state index < -0.39 is 43.6 Å². The largest absolute Gasteiger partial charge is 0.379 e. The third-order valence-electron chi connectivity index (χ3n) is 5.08.